The number of aliphatic hydroxyl groups excluding tert-OH is 1. The molecule has 3 heteroatoms. The molecular formula is C9H10O3. The molecule has 0 fully saturated rings. The maximum Gasteiger partial charge on any atom is 0.160 e. The molecule has 3 nitrogen and oxygen atoms in total. The molecule has 0 spiro atoms. The molecule has 0 radical (unpaired) electrons. The zero-order valence-corrected chi connectivity index (χ0v) is 6.74. The van der Waals surface area contributed by atoms with E-state index in [9.17, 15) is 9.90 Å². The van der Waals surface area contributed by atoms with Gasteiger partial charge in [-0.3, -0.25) is 4.79 Å². The fraction of sp³-hybridized carbons (Fsp3) is 0.222. The van der Waals surface area contributed by atoms with E-state index in [0.29, 0.717) is 11.1 Å². The van der Waals surface area contributed by atoms with E-state index in [0.717, 1.165) is 0 Å². The highest BCUT2D eigenvalue weighted by Crippen LogP contribution is 2.20. The summed E-state index contributed by atoms with van der Waals surface area (Å²) in [5.74, 6) is -0.194. The van der Waals surface area contributed by atoms with Gasteiger partial charge in [-0.05, 0) is 13.0 Å². The molecule has 12 heavy (non-hydrogen) atoms. The molecule has 0 atom stereocenters. The number of ketones is 1. The highest BCUT2D eigenvalue weighted by atomic mass is 16.3. The van der Waals surface area contributed by atoms with Crippen molar-refractivity contribution in [1.29, 1.82) is 0 Å². The van der Waals surface area contributed by atoms with Gasteiger partial charge in [0.25, 0.3) is 0 Å². The third-order valence-corrected chi connectivity index (χ3v) is 1.69. The maximum atomic E-state index is 11.0. The predicted molar refractivity (Wildman–Crippen MR) is 44.0 cm³/mol. The molecule has 0 aromatic heterocycles. The molecule has 0 heterocycles. The Kier molecular flexibility index (Phi) is 2.45. The van der Waals surface area contributed by atoms with Crippen molar-refractivity contribution < 1.29 is 15.0 Å². The van der Waals surface area contributed by atoms with Gasteiger partial charge in [0.15, 0.2) is 5.78 Å². The Morgan fingerprint density at radius 1 is 1.50 bits per heavy atom. The van der Waals surface area contributed by atoms with Crippen LogP contribution in [-0.2, 0) is 6.61 Å². The maximum absolute atomic E-state index is 11.0. The molecule has 0 aliphatic rings. The first-order valence-corrected chi connectivity index (χ1v) is 3.59. The molecule has 0 unspecified atom stereocenters. The van der Waals surface area contributed by atoms with Crippen LogP contribution in [0.5, 0.6) is 5.75 Å². The number of phenols is 1. The van der Waals surface area contributed by atoms with Gasteiger partial charge >= 0.3 is 0 Å². The molecule has 0 amide bonds. The second kappa shape index (κ2) is 3.36. The highest BCUT2D eigenvalue weighted by molar-refractivity contribution is 5.96. The van der Waals surface area contributed by atoms with Crippen molar-refractivity contribution >= 4 is 5.78 Å². The average molecular weight is 166 g/mol. The minimum atomic E-state index is -0.318. The molecule has 2 N–H and O–H groups in total. The first-order valence-electron chi connectivity index (χ1n) is 3.59. The van der Waals surface area contributed by atoms with Crippen molar-refractivity contribution in [1.82, 2.24) is 0 Å². The van der Waals surface area contributed by atoms with Crippen LogP contribution in [0.2, 0.25) is 0 Å². The number of hydrogen-bond acceptors (Lipinski definition) is 3. The number of carbonyl (C=O) groups excluding carboxylic acids is 1. The Balaban J connectivity index is 3.27. The molecule has 1 rings (SSSR count). The van der Waals surface area contributed by atoms with Gasteiger partial charge in [-0.25, -0.2) is 0 Å². The Bertz CT molecular complexity index is 305. The summed E-state index contributed by atoms with van der Waals surface area (Å²) >= 11 is 0. The Labute approximate surface area is 70.3 Å². The van der Waals surface area contributed by atoms with Crippen LogP contribution < -0.4 is 0 Å². The Morgan fingerprint density at radius 3 is 2.58 bits per heavy atom. The second-order valence-electron chi connectivity index (χ2n) is 2.52. The third kappa shape index (κ3) is 1.46. The lowest BCUT2D eigenvalue weighted by atomic mass is 10.0. The quantitative estimate of drug-likeness (QED) is 0.646. The molecule has 64 valence electrons. The highest BCUT2D eigenvalue weighted by Gasteiger charge is 2.09. The second-order valence-corrected chi connectivity index (χ2v) is 2.52. The number of Topliss-reactive ketones (excluding diaryl/α,β-unsaturated/α-hetero) is 1. The predicted octanol–water partition coefficient (Wildman–Crippen LogP) is 1.09. The SMILES string of the molecule is CC(=O)c1cccc(O)c1CO. The largest absolute Gasteiger partial charge is 0.508 e. The topological polar surface area (TPSA) is 57.5 Å². The van der Waals surface area contributed by atoms with Gasteiger partial charge in [-0.2, -0.15) is 0 Å². The van der Waals surface area contributed by atoms with E-state index < -0.39 is 0 Å². The van der Waals surface area contributed by atoms with Crippen molar-refractivity contribution in [3.63, 3.8) is 0 Å². The number of carbonyl (C=O) groups is 1. The monoisotopic (exact) mass is 166 g/mol. The van der Waals surface area contributed by atoms with Crippen LogP contribution in [0, 0.1) is 0 Å². The number of rotatable bonds is 2. The lowest BCUT2D eigenvalue weighted by molar-refractivity contribution is 0.101. The molecule has 0 saturated heterocycles. The van der Waals surface area contributed by atoms with E-state index in [4.69, 9.17) is 5.11 Å². The van der Waals surface area contributed by atoms with Crippen molar-refractivity contribution in [2.75, 3.05) is 0 Å². The summed E-state index contributed by atoms with van der Waals surface area (Å²) in [7, 11) is 0. The fourth-order valence-electron chi connectivity index (χ4n) is 1.07. The number of hydrogen-bond donors (Lipinski definition) is 2. The van der Waals surface area contributed by atoms with Gasteiger partial charge < -0.3 is 10.2 Å². The van der Waals surface area contributed by atoms with Gasteiger partial charge in [0.05, 0.1) is 6.61 Å². The summed E-state index contributed by atoms with van der Waals surface area (Å²) in [5, 5.41) is 18.1. The molecule has 0 aliphatic carbocycles. The van der Waals surface area contributed by atoms with Gasteiger partial charge in [-0.15, -0.1) is 0 Å². The first kappa shape index (κ1) is 8.74. The molecule has 0 bridgehead atoms. The van der Waals surface area contributed by atoms with Crippen molar-refractivity contribution in [2.24, 2.45) is 0 Å². The molecule has 0 saturated carbocycles. The summed E-state index contributed by atoms with van der Waals surface area (Å²) in [6.07, 6.45) is 0. The lowest BCUT2D eigenvalue weighted by Crippen LogP contribution is -1.99. The van der Waals surface area contributed by atoms with Crippen molar-refractivity contribution in [3.05, 3.63) is 29.3 Å². The zero-order valence-electron chi connectivity index (χ0n) is 6.74. The lowest BCUT2D eigenvalue weighted by Gasteiger charge is -2.04. The number of aliphatic hydroxyl groups is 1. The standard InChI is InChI=1S/C9H10O3/c1-6(11)7-3-2-4-9(12)8(7)5-10/h2-4,10,12H,5H2,1H3. The van der Waals surface area contributed by atoms with Crippen LogP contribution in [0.25, 0.3) is 0 Å². The summed E-state index contributed by atoms with van der Waals surface area (Å²) < 4.78 is 0. The minimum Gasteiger partial charge on any atom is -0.508 e. The van der Waals surface area contributed by atoms with Gasteiger partial charge in [0, 0.05) is 11.1 Å². The summed E-state index contributed by atoms with van der Waals surface area (Å²) in [6, 6.07) is 4.59. The minimum absolute atomic E-state index is 0.0369. The van der Waals surface area contributed by atoms with Crippen molar-refractivity contribution in [2.45, 2.75) is 13.5 Å². The van der Waals surface area contributed by atoms with E-state index >= 15 is 0 Å². The van der Waals surface area contributed by atoms with Crippen LogP contribution in [0.15, 0.2) is 18.2 Å². The first-order chi connectivity index (χ1) is 5.66. The van der Waals surface area contributed by atoms with Crippen molar-refractivity contribution in [3.8, 4) is 5.75 Å². The number of benzene rings is 1. The Morgan fingerprint density at radius 2 is 2.17 bits per heavy atom. The molecule has 0 aliphatic heterocycles. The third-order valence-electron chi connectivity index (χ3n) is 1.69. The smallest absolute Gasteiger partial charge is 0.160 e. The van der Waals surface area contributed by atoms with Crippen LogP contribution in [0.3, 0.4) is 0 Å². The van der Waals surface area contributed by atoms with Crippen LogP contribution in [0.4, 0.5) is 0 Å². The molecule has 1 aromatic carbocycles. The summed E-state index contributed by atoms with van der Waals surface area (Å²) in [4.78, 5) is 11.0. The van der Waals surface area contributed by atoms with Crippen LogP contribution >= 0.6 is 0 Å². The van der Waals surface area contributed by atoms with Gasteiger partial charge in [0.2, 0.25) is 0 Å². The average Bonchev–Trinajstić information content (AvgIpc) is 2.03. The normalized spacial score (nSPS) is 9.83. The van der Waals surface area contributed by atoms with E-state index in [2.05, 4.69) is 0 Å². The zero-order chi connectivity index (χ0) is 9.14. The Hall–Kier alpha value is -1.35. The fourth-order valence-corrected chi connectivity index (χ4v) is 1.07. The number of aromatic hydroxyl groups is 1. The molecule has 1 aromatic rings. The summed E-state index contributed by atoms with van der Waals surface area (Å²) in [6.45, 7) is 1.08. The summed E-state index contributed by atoms with van der Waals surface area (Å²) in [5.41, 5.74) is 0.669. The van der Waals surface area contributed by atoms with E-state index in [1.807, 2.05) is 0 Å². The molecular weight excluding hydrogens is 156 g/mol. The van der Waals surface area contributed by atoms with E-state index in [-0.39, 0.29) is 18.1 Å². The van der Waals surface area contributed by atoms with E-state index in [1.54, 1.807) is 12.1 Å². The van der Waals surface area contributed by atoms with Crippen LogP contribution in [0.1, 0.15) is 22.8 Å². The van der Waals surface area contributed by atoms with Crippen LogP contribution in [-0.4, -0.2) is 16.0 Å². The van der Waals surface area contributed by atoms with Gasteiger partial charge in [-0.1, -0.05) is 12.1 Å². The van der Waals surface area contributed by atoms with E-state index in [1.165, 1.54) is 13.0 Å². The van der Waals surface area contributed by atoms with Gasteiger partial charge in [0.1, 0.15) is 5.75 Å².